The number of anilines is 2. The van der Waals surface area contributed by atoms with Crippen molar-refractivity contribution in [1.82, 2.24) is 10.3 Å². The molecular weight excluding hydrogens is 341 g/mol. The van der Waals surface area contributed by atoms with Crippen LogP contribution in [0.3, 0.4) is 0 Å². The Morgan fingerprint density at radius 2 is 1.85 bits per heavy atom. The van der Waals surface area contributed by atoms with E-state index in [1.807, 2.05) is 24.3 Å². The van der Waals surface area contributed by atoms with Crippen LogP contribution in [-0.2, 0) is 12.8 Å². The van der Waals surface area contributed by atoms with Crippen molar-refractivity contribution in [3.8, 4) is 0 Å². The van der Waals surface area contributed by atoms with E-state index in [-0.39, 0.29) is 11.7 Å². The van der Waals surface area contributed by atoms with Gasteiger partial charge in [0.1, 0.15) is 11.5 Å². The summed E-state index contributed by atoms with van der Waals surface area (Å²) < 4.78 is 12.9. The Morgan fingerprint density at radius 1 is 1.07 bits per heavy atom. The average Bonchev–Trinajstić information content (AvgIpc) is 2.70. The standard InChI is InChI=1S/C22H22FN3O/c1-2-17-5-3-4-6-20(17)26-19-12-14-24-21(15-19)22(27)25-13-11-16-7-9-18(23)10-8-16/h3-10,12,14-15H,2,11,13H2,1H3,(H,24,26)(H,25,27). The smallest absolute Gasteiger partial charge is 0.269 e. The second-order valence-corrected chi connectivity index (χ2v) is 6.20. The zero-order chi connectivity index (χ0) is 19.1. The summed E-state index contributed by atoms with van der Waals surface area (Å²) in [5.74, 6) is -0.495. The third-order valence-electron chi connectivity index (χ3n) is 4.28. The second-order valence-electron chi connectivity index (χ2n) is 6.20. The van der Waals surface area contributed by atoms with Crippen molar-refractivity contribution < 1.29 is 9.18 Å². The first-order valence-corrected chi connectivity index (χ1v) is 8.99. The Bertz CT molecular complexity index is 909. The topological polar surface area (TPSA) is 54.0 Å². The molecule has 0 saturated heterocycles. The molecule has 1 heterocycles. The van der Waals surface area contributed by atoms with Gasteiger partial charge >= 0.3 is 0 Å². The van der Waals surface area contributed by atoms with Crippen LogP contribution in [0, 0.1) is 5.82 Å². The lowest BCUT2D eigenvalue weighted by molar-refractivity contribution is 0.0949. The summed E-state index contributed by atoms with van der Waals surface area (Å²) in [6.45, 7) is 2.57. The molecule has 0 aliphatic carbocycles. The quantitative estimate of drug-likeness (QED) is 0.650. The maximum absolute atomic E-state index is 12.9. The van der Waals surface area contributed by atoms with E-state index >= 15 is 0 Å². The van der Waals surface area contributed by atoms with Gasteiger partial charge in [0, 0.05) is 24.1 Å². The van der Waals surface area contributed by atoms with Gasteiger partial charge in [-0.05, 0) is 54.3 Å². The molecule has 0 atom stereocenters. The highest BCUT2D eigenvalue weighted by Crippen LogP contribution is 2.21. The van der Waals surface area contributed by atoms with Crippen LogP contribution in [0.25, 0.3) is 0 Å². The van der Waals surface area contributed by atoms with Gasteiger partial charge in [0.25, 0.3) is 5.91 Å². The van der Waals surface area contributed by atoms with Gasteiger partial charge < -0.3 is 10.6 Å². The monoisotopic (exact) mass is 363 g/mol. The molecule has 3 rings (SSSR count). The fourth-order valence-electron chi connectivity index (χ4n) is 2.80. The van der Waals surface area contributed by atoms with Crippen LogP contribution in [-0.4, -0.2) is 17.4 Å². The van der Waals surface area contributed by atoms with Crippen LogP contribution in [0.4, 0.5) is 15.8 Å². The van der Waals surface area contributed by atoms with Crippen molar-refractivity contribution in [3.63, 3.8) is 0 Å². The molecule has 0 aliphatic rings. The summed E-state index contributed by atoms with van der Waals surface area (Å²) >= 11 is 0. The number of pyridine rings is 1. The average molecular weight is 363 g/mol. The van der Waals surface area contributed by atoms with Crippen molar-refractivity contribution in [2.24, 2.45) is 0 Å². The Hall–Kier alpha value is -3.21. The van der Waals surface area contributed by atoms with Crippen molar-refractivity contribution in [1.29, 1.82) is 0 Å². The molecule has 0 unspecified atom stereocenters. The maximum atomic E-state index is 12.9. The van der Waals surface area contributed by atoms with Gasteiger partial charge in [0.05, 0.1) is 0 Å². The third kappa shape index (κ3) is 5.14. The minimum atomic E-state index is -0.263. The number of aromatic nitrogens is 1. The van der Waals surface area contributed by atoms with Gasteiger partial charge in [-0.15, -0.1) is 0 Å². The highest BCUT2D eigenvalue weighted by molar-refractivity contribution is 5.93. The van der Waals surface area contributed by atoms with Gasteiger partial charge in [0.15, 0.2) is 0 Å². The number of hydrogen-bond donors (Lipinski definition) is 2. The summed E-state index contributed by atoms with van der Waals surface area (Å²) in [6, 6.07) is 17.9. The fourth-order valence-corrected chi connectivity index (χ4v) is 2.80. The number of carbonyl (C=O) groups is 1. The van der Waals surface area contributed by atoms with Crippen LogP contribution >= 0.6 is 0 Å². The zero-order valence-corrected chi connectivity index (χ0v) is 15.2. The molecule has 5 heteroatoms. The first-order valence-electron chi connectivity index (χ1n) is 8.99. The van der Waals surface area contributed by atoms with E-state index < -0.39 is 0 Å². The molecule has 1 aromatic heterocycles. The Balaban J connectivity index is 1.60. The first kappa shape index (κ1) is 18.6. The minimum Gasteiger partial charge on any atom is -0.355 e. The first-order chi connectivity index (χ1) is 13.2. The van der Waals surface area contributed by atoms with E-state index in [0.29, 0.717) is 18.7 Å². The highest BCUT2D eigenvalue weighted by Gasteiger charge is 2.08. The molecule has 0 bridgehead atoms. The van der Waals surface area contributed by atoms with E-state index in [1.54, 1.807) is 24.4 Å². The number of benzene rings is 2. The second kappa shape index (κ2) is 8.94. The molecule has 0 spiro atoms. The number of amides is 1. The van der Waals surface area contributed by atoms with Crippen molar-refractivity contribution in [2.45, 2.75) is 19.8 Å². The van der Waals surface area contributed by atoms with Crippen LogP contribution in [0.5, 0.6) is 0 Å². The van der Waals surface area contributed by atoms with Gasteiger partial charge in [0.2, 0.25) is 0 Å². The molecule has 0 fully saturated rings. The Labute approximate surface area is 158 Å². The summed E-state index contributed by atoms with van der Waals surface area (Å²) in [5.41, 5.74) is 4.37. The van der Waals surface area contributed by atoms with E-state index in [2.05, 4.69) is 28.6 Å². The van der Waals surface area contributed by atoms with E-state index in [4.69, 9.17) is 0 Å². The third-order valence-corrected chi connectivity index (χ3v) is 4.28. The van der Waals surface area contributed by atoms with Crippen LogP contribution < -0.4 is 10.6 Å². The van der Waals surface area contributed by atoms with Crippen molar-refractivity contribution in [2.75, 3.05) is 11.9 Å². The number of aryl methyl sites for hydroxylation is 1. The van der Waals surface area contributed by atoms with Gasteiger partial charge in [-0.3, -0.25) is 9.78 Å². The Kier molecular flexibility index (Phi) is 6.15. The Morgan fingerprint density at radius 3 is 2.63 bits per heavy atom. The van der Waals surface area contributed by atoms with E-state index in [1.165, 1.54) is 17.7 Å². The molecule has 27 heavy (non-hydrogen) atoms. The number of nitrogens with one attached hydrogen (secondary N) is 2. The minimum absolute atomic E-state index is 0.232. The van der Waals surface area contributed by atoms with Gasteiger partial charge in [-0.1, -0.05) is 37.3 Å². The SMILES string of the molecule is CCc1ccccc1Nc1ccnc(C(=O)NCCc2ccc(F)cc2)c1. The molecule has 138 valence electrons. The molecule has 2 N–H and O–H groups in total. The molecule has 0 aliphatic heterocycles. The van der Waals surface area contributed by atoms with Gasteiger partial charge in [-0.25, -0.2) is 4.39 Å². The maximum Gasteiger partial charge on any atom is 0.269 e. The van der Waals surface area contributed by atoms with Crippen LogP contribution in [0.15, 0.2) is 66.9 Å². The summed E-state index contributed by atoms with van der Waals surface area (Å²) in [7, 11) is 0. The van der Waals surface area contributed by atoms with Crippen LogP contribution in [0.2, 0.25) is 0 Å². The lowest BCUT2D eigenvalue weighted by Crippen LogP contribution is -2.26. The predicted octanol–water partition coefficient (Wildman–Crippen LogP) is 4.50. The zero-order valence-electron chi connectivity index (χ0n) is 15.2. The summed E-state index contributed by atoms with van der Waals surface area (Å²) in [4.78, 5) is 16.5. The van der Waals surface area contributed by atoms with Crippen LogP contribution in [0.1, 0.15) is 28.5 Å². The molecule has 1 amide bonds. The molecular formula is C22H22FN3O. The molecule has 3 aromatic rings. The lowest BCUT2D eigenvalue weighted by Gasteiger charge is -2.11. The van der Waals surface area contributed by atoms with E-state index in [9.17, 15) is 9.18 Å². The summed E-state index contributed by atoms with van der Waals surface area (Å²) in [5, 5.41) is 6.20. The number of rotatable bonds is 7. The number of halogens is 1. The predicted molar refractivity (Wildman–Crippen MR) is 106 cm³/mol. The largest absolute Gasteiger partial charge is 0.355 e. The highest BCUT2D eigenvalue weighted by atomic mass is 19.1. The molecule has 0 radical (unpaired) electrons. The number of nitrogens with zero attached hydrogens (tertiary/aromatic N) is 1. The van der Waals surface area contributed by atoms with Crippen molar-refractivity contribution >= 4 is 17.3 Å². The van der Waals surface area contributed by atoms with E-state index in [0.717, 1.165) is 23.4 Å². The normalized spacial score (nSPS) is 10.4. The molecule has 2 aromatic carbocycles. The summed E-state index contributed by atoms with van der Waals surface area (Å²) in [6.07, 6.45) is 3.17. The van der Waals surface area contributed by atoms with Crippen molar-refractivity contribution in [3.05, 3.63) is 89.5 Å². The number of para-hydroxylation sites is 1. The fraction of sp³-hybridized carbons (Fsp3) is 0.182. The molecule has 4 nitrogen and oxygen atoms in total. The number of carbonyl (C=O) groups excluding carboxylic acids is 1. The lowest BCUT2D eigenvalue weighted by atomic mass is 10.1. The molecule has 0 saturated carbocycles. The van der Waals surface area contributed by atoms with Gasteiger partial charge in [-0.2, -0.15) is 0 Å². The number of hydrogen-bond acceptors (Lipinski definition) is 3.